The number of nitrogens with zero attached hydrogens (tertiary/aromatic N) is 3. The molecule has 0 unspecified atom stereocenters. The van der Waals surface area contributed by atoms with Gasteiger partial charge in [-0.15, -0.1) is 16.8 Å². The van der Waals surface area contributed by atoms with Crippen molar-refractivity contribution in [2.75, 3.05) is 6.54 Å². The number of aliphatic imine (C=N–C) groups is 1. The molecule has 3 N–H and O–H groups in total. The Morgan fingerprint density at radius 3 is 2.76 bits per heavy atom. The molecule has 1 aromatic heterocycles. The number of nitrogens with two attached hydrogens (primary N) is 1. The number of hydrogen-bond acceptors (Lipinski definition) is 4. The van der Waals surface area contributed by atoms with Crippen LogP contribution in [0.3, 0.4) is 0 Å². The predicted molar refractivity (Wildman–Crippen MR) is 72.1 cm³/mol. The Hall–Kier alpha value is -1.43. The van der Waals surface area contributed by atoms with E-state index < -0.39 is 0 Å². The van der Waals surface area contributed by atoms with Crippen molar-refractivity contribution >= 4 is 17.3 Å². The summed E-state index contributed by atoms with van der Waals surface area (Å²) in [5.41, 5.74) is 5.68. The van der Waals surface area contributed by atoms with E-state index >= 15 is 0 Å². The van der Waals surface area contributed by atoms with Gasteiger partial charge < -0.3 is 11.1 Å². The molecule has 6 heteroatoms. The van der Waals surface area contributed by atoms with Gasteiger partial charge in [0.15, 0.2) is 5.96 Å². The molecule has 0 spiro atoms. The second kappa shape index (κ2) is 5.77. The van der Waals surface area contributed by atoms with Gasteiger partial charge in [-0.1, -0.05) is 38.2 Å². The molecule has 0 fully saturated rings. The number of guanidine groups is 1. The lowest BCUT2D eigenvalue weighted by Gasteiger charge is -2.12. The van der Waals surface area contributed by atoms with Gasteiger partial charge >= 0.3 is 0 Å². The highest BCUT2D eigenvalue weighted by Gasteiger charge is 2.18. The first kappa shape index (κ1) is 13.6. The van der Waals surface area contributed by atoms with Gasteiger partial charge in [0.1, 0.15) is 10.0 Å². The molecule has 5 nitrogen and oxygen atoms in total. The Bertz CT molecular complexity index is 402. The van der Waals surface area contributed by atoms with Crippen LogP contribution in [0.1, 0.15) is 30.8 Å². The highest BCUT2D eigenvalue weighted by molar-refractivity contribution is 7.11. The summed E-state index contributed by atoms with van der Waals surface area (Å²) in [6, 6.07) is 0. The molecule has 94 valence electrons. The van der Waals surface area contributed by atoms with Crippen molar-refractivity contribution in [2.45, 2.75) is 32.7 Å². The second-order valence-electron chi connectivity index (χ2n) is 4.62. The Morgan fingerprint density at radius 1 is 1.53 bits per heavy atom. The maximum atomic E-state index is 5.65. The van der Waals surface area contributed by atoms with Gasteiger partial charge in [-0.25, -0.2) is 4.99 Å². The molecule has 0 radical (unpaired) electrons. The van der Waals surface area contributed by atoms with E-state index in [-0.39, 0.29) is 5.41 Å². The zero-order valence-electron chi connectivity index (χ0n) is 10.5. The molecule has 0 amide bonds. The third-order valence-electron chi connectivity index (χ3n) is 1.92. The molecule has 0 atom stereocenters. The summed E-state index contributed by atoms with van der Waals surface area (Å²) in [5, 5.41) is 13.0. The van der Waals surface area contributed by atoms with E-state index in [2.05, 4.69) is 47.9 Å². The van der Waals surface area contributed by atoms with Crippen molar-refractivity contribution in [3.63, 3.8) is 0 Å². The van der Waals surface area contributed by atoms with Gasteiger partial charge in [0.2, 0.25) is 0 Å². The molecule has 0 aliphatic rings. The highest BCUT2D eigenvalue weighted by atomic mass is 32.1. The number of nitrogens with one attached hydrogen (secondary N) is 1. The fraction of sp³-hybridized carbons (Fsp3) is 0.545. The Kier molecular flexibility index (Phi) is 4.62. The number of rotatable bonds is 4. The van der Waals surface area contributed by atoms with Crippen molar-refractivity contribution in [3.8, 4) is 0 Å². The molecule has 0 saturated carbocycles. The van der Waals surface area contributed by atoms with Gasteiger partial charge in [-0.3, -0.25) is 0 Å². The van der Waals surface area contributed by atoms with Crippen LogP contribution in [0.5, 0.6) is 0 Å². The number of aromatic nitrogens is 2. The van der Waals surface area contributed by atoms with E-state index in [0.29, 0.717) is 19.0 Å². The van der Waals surface area contributed by atoms with E-state index in [1.807, 2.05) is 0 Å². The minimum Gasteiger partial charge on any atom is -0.370 e. The standard InChI is InChI=1S/C11H19N5S/c1-5-6-13-10(12)14-7-8-15-16-9(17-8)11(2,3)4/h5H,1,6-7H2,2-4H3,(H3,12,13,14). The van der Waals surface area contributed by atoms with Crippen LogP contribution in [-0.2, 0) is 12.0 Å². The monoisotopic (exact) mass is 253 g/mol. The fourth-order valence-corrected chi connectivity index (χ4v) is 1.83. The second-order valence-corrected chi connectivity index (χ2v) is 5.68. The summed E-state index contributed by atoms with van der Waals surface area (Å²) in [6.07, 6.45) is 1.73. The Balaban J connectivity index is 2.58. The molecule has 0 aliphatic heterocycles. The predicted octanol–water partition coefficient (Wildman–Crippen LogP) is 1.43. The van der Waals surface area contributed by atoms with Gasteiger partial charge in [0.05, 0.1) is 6.54 Å². The van der Waals surface area contributed by atoms with Crippen LogP contribution in [0.25, 0.3) is 0 Å². The van der Waals surface area contributed by atoms with Crippen molar-refractivity contribution < 1.29 is 0 Å². The lowest BCUT2D eigenvalue weighted by Crippen LogP contribution is -2.31. The van der Waals surface area contributed by atoms with Crippen molar-refractivity contribution in [1.82, 2.24) is 15.5 Å². The van der Waals surface area contributed by atoms with Crippen LogP contribution >= 0.6 is 11.3 Å². The molecule has 1 aromatic rings. The lowest BCUT2D eigenvalue weighted by atomic mass is 9.98. The first-order valence-corrected chi connectivity index (χ1v) is 6.22. The van der Waals surface area contributed by atoms with Gasteiger partial charge in [0, 0.05) is 12.0 Å². The zero-order chi connectivity index (χ0) is 12.9. The fourth-order valence-electron chi connectivity index (χ4n) is 1.01. The normalized spacial score (nSPS) is 12.5. The largest absolute Gasteiger partial charge is 0.370 e. The average Bonchev–Trinajstić information content (AvgIpc) is 2.71. The molecule has 0 aliphatic carbocycles. The minimum absolute atomic E-state index is 0.0340. The van der Waals surface area contributed by atoms with Crippen LogP contribution in [-0.4, -0.2) is 22.7 Å². The summed E-state index contributed by atoms with van der Waals surface area (Å²) in [5.74, 6) is 0.400. The molecular formula is C11H19N5S. The Morgan fingerprint density at radius 2 is 2.24 bits per heavy atom. The van der Waals surface area contributed by atoms with Crippen LogP contribution < -0.4 is 11.1 Å². The maximum Gasteiger partial charge on any atom is 0.189 e. The smallest absolute Gasteiger partial charge is 0.189 e. The first-order chi connectivity index (χ1) is 7.93. The third kappa shape index (κ3) is 4.52. The van der Waals surface area contributed by atoms with Crippen molar-refractivity contribution in [3.05, 3.63) is 22.7 Å². The van der Waals surface area contributed by atoms with Crippen LogP contribution in [0, 0.1) is 0 Å². The third-order valence-corrected chi connectivity index (χ3v) is 3.25. The molecule has 0 aromatic carbocycles. The summed E-state index contributed by atoms with van der Waals surface area (Å²) in [7, 11) is 0. The maximum absolute atomic E-state index is 5.65. The molecule has 0 bridgehead atoms. The molecular weight excluding hydrogens is 234 g/mol. The quantitative estimate of drug-likeness (QED) is 0.483. The van der Waals surface area contributed by atoms with Crippen LogP contribution in [0.15, 0.2) is 17.6 Å². The average molecular weight is 253 g/mol. The summed E-state index contributed by atoms with van der Waals surface area (Å²) in [4.78, 5) is 4.17. The van der Waals surface area contributed by atoms with Crippen LogP contribution in [0.2, 0.25) is 0 Å². The van der Waals surface area contributed by atoms with Gasteiger partial charge in [-0.05, 0) is 0 Å². The van der Waals surface area contributed by atoms with E-state index in [1.165, 1.54) is 0 Å². The van der Waals surface area contributed by atoms with Gasteiger partial charge in [-0.2, -0.15) is 0 Å². The summed E-state index contributed by atoms with van der Waals surface area (Å²) in [6.45, 7) is 11.0. The van der Waals surface area contributed by atoms with Crippen molar-refractivity contribution in [2.24, 2.45) is 10.7 Å². The molecule has 1 heterocycles. The minimum atomic E-state index is 0.0340. The van der Waals surface area contributed by atoms with Crippen LogP contribution in [0.4, 0.5) is 0 Å². The van der Waals surface area contributed by atoms with E-state index in [4.69, 9.17) is 5.73 Å². The highest BCUT2D eigenvalue weighted by Crippen LogP contribution is 2.25. The van der Waals surface area contributed by atoms with Gasteiger partial charge in [0.25, 0.3) is 0 Å². The number of hydrogen-bond donors (Lipinski definition) is 2. The first-order valence-electron chi connectivity index (χ1n) is 5.41. The summed E-state index contributed by atoms with van der Waals surface area (Å²) >= 11 is 1.57. The summed E-state index contributed by atoms with van der Waals surface area (Å²) < 4.78 is 0. The van der Waals surface area contributed by atoms with E-state index in [0.717, 1.165) is 10.0 Å². The lowest BCUT2D eigenvalue weighted by molar-refractivity contribution is 0.577. The topological polar surface area (TPSA) is 76.2 Å². The van der Waals surface area contributed by atoms with Crippen molar-refractivity contribution in [1.29, 1.82) is 0 Å². The zero-order valence-corrected chi connectivity index (χ0v) is 11.3. The van der Waals surface area contributed by atoms with E-state index in [1.54, 1.807) is 17.4 Å². The molecule has 17 heavy (non-hydrogen) atoms. The van der Waals surface area contributed by atoms with E-state index in [9.17, 15) is 0 Å². The Labute approximate surface area is 106 Å². The molecule has 1 rings (SSSR count). The molecule has 0 saturated heterocycles. The SMILES string of the molecule is C=CCNC(N)=NCc1nnc(C(C)(C)C)s1.